The van der Waals surface area contributed by atoms with Crippen LogP contribution in [0.5, 0.6) is 5.75 Å². The van der Waals surface area contributed by atoms with Crippen LogP contribution in [0.25, 0.3) is 0 Å². The molecule has 0 aromatic heterocycles. The first-order chi connectivity index (χ1) is 12.8. The molecule has 0 N–H and O–H groups in total. The summed E-state index contributed by atoms with van der Waals surface area (Å²) < 4.78 is 30.8. The minimum Gasteiger partial charge on any atom is -0.497 e. The number of carbonyl (C=O) groups is 1. The number of hydrogen-bond donors (Lipinski definition) is 0. The van der Waals surface area contributed by atoms with Crippen molar-refractivity contribution in [3.63, 3.8) is 0 Å². The number of sulfonamides is 1. The SMILES string of the molecule is COc1cccc(N(CCCC(=O)N(C)Cc2ccccc2)S(C)(=O)=O)c1. The Balaban J connectivity index is 1.96. The van der Waals surface area contributed by atoms with E-state index in [1.54, 1.807) is 36.2 Å². The van der Waals surface area contributed by atoms with Crippen molar-refractivity contribution in [2.24, 2.45) is 0 Å². The zero-order chi connectivity index (χ0) is 19.9. The molecule has 0 radical (unpaired) electrons. The van der Waals surface area contributed by atoms with Crippen LogP contribution >= 0.6 is 0 Å². The van der Waals surface area contributed by atoms with Crippen LogP contribution in [0.2, 0.25) is 0 Å². The second kappa shape index (κ2) is 9.41. The topological polar surface area (TPSA) is 66.9 Å². The van der Waals surface area contributed by atoms with E-state index in [0.717, 1.165) is 11.8 Å². The summed E-state index contributed by atoms with van der Waals surface area (Å²) in [6, 6.07) is 16.6. The molecule has 27 heavy (non-hydrogen) atoms. The number of carbonyl (C=O) groups excluding carboxylic acids is 1. The number of nitrogens with zero attached hydrogens (tertiary/aromatic N) is 2. The van der Waals surface area contributed by atoms with Crippen molar-refractivity contribution in [3.8, 4) is 5.75 Å². The summed E-state index contributed by atoms with van der Waals surface area (Å²) >= 11 is 0. The van der Waals surface area contributed by atoms with Crippen LogP contribution in [0.4, 0.5) is 5.69 Å². The standard InChI is InChI=1S/C20H26N2O4S/c1-21(16-17-9-5-4-6-10-17)20(23)13-8-14-22(27(3,24)25)18-11-7-12-19(15-18)26-2/h4-7,9-12,15H,8,13-14,16H2,1-3H3. The summed E-state index contributed by atoms with van der Waals surface area (Å²) in [7, 11) is -0.168. The highest BCUT2D eigenvalue weighted by Crippen LogP contribution is 2.23. The molecule has 0 heterocycles. The maximum absolute atomic E-state index is 12.4. The second-order valence-corrected chi connectivity index (χ2v) is 8.28. The van der Waals surface area contributed by atoms with E-state index in [2.05, 4.69) is 0 Å². The monoisotopic (exact) mass is 390 g/mol. The van der Waals surface area contributed by atoms with Crippen molar-refractivity contribution in [1.82, 2.24) is 4.90 Å². The lowest BCUT2D eigenvalue weighted by Gasteiger charge is -2.23. The molecule has 0 atom stereocenters. The van der Waals surface area contributed by atoms with Crippen molar-refractivity contribution < 1.29 is 17.9 Å². The fourth-order valence-corrected chi connectivity index (χ4v) is 3.72. The van der Waals surface area contributed by atoms with E-state index in [1.807, 2.05) is 30.3 Å². The van der Waals surface area contributed by atoms with Crippen LogP contribution in [-0.4, -0.2) is 46.2 Å². The molecule has 0 spiro atoms. The highest BCUT2D eigenvalue weighted by molar-refractivity contribution is 7.92. The molecule has 2 aromatic carbocycles. The zero-order valence-corrected chi connectivity index (χ0v) is 16.8. The van der Waals surface area contributed by atoms with E-state index >= 15 is 0 Å². The molecule has 0 fully saturated rings. The summed E-state index contributed by atoms with van der Waals surface area (Å²) in [5.41, 5.74) is 1.59. The Bertz CT molecular complexity index is 853. The molecular formula is C20H26N2O4S. The molecule has 0 saturated carbocycles. The summed E-state index contributed by atoms with van der Waals surface area (Å²) in [4.78, 5) is 14.0. The van der Waals surface area contributed by atoms with E-state index in [4.69, 9.17) is 4.74 Å². The number of ether oxygens (including phenoxy) is 1. The van der Waals surface area contributed by atoms with Gasteiger partial charge in [0.05, 0.1) is 19.1 Å². The Morgan fingerprint density at radius 2 is 1.78 bits per heavy atom. The largest absolute Gasteiger partial charge is 0.497 e. The Kier molecular flexibility index (Phi) is 7.24. The Morgan fingerprint density at radius 3 is 2.41 bits per heavy atom. The van der Waals surface area contributed by atoms with E-state index in [0.29, 0.717) is 24.4 Å². The first-order valence-electron chi connectivity index (χ1n) is 8.71. The molecule has 1 amide bonds. The molecular weight excluding hydrogens is 364 g/mol. The first kappa shape index (κ1) is 20.8. The number of methoxy groups -OCH3 is 1. The first-order valence-corrected chi connectivity index (χ1v) is 10.6. The minimum atomic E-state index is -3.46. The number of amides is 1. The van der Waals surface area contributed by atoms with Gasteiger partial charge in [0.2, 0.25) is 15.9 Å². The van der Waals surface area contributed by atoms with E-state index in [9.17, 15) is 13.2 Å². The van der Waals surface area contributed by atoms with Gasteiger partial charge in [-0.15, -0.1) is 0 Å². The summed E-state index contributed by atoms with van der Waals surface area (Å²) in [5.74, 6) is 0.567. The smallest absolute Gasteiger partial charge is 0.232 e. The maximum Gasteiger partial charge on any atom is 0.232 e. The molecule has 6 nitrogen and oxygen atoms in total. The molecule has 0 aliphatic carbocycles. The number of anilines is 1. The molecule has 0 unspecified atom stereocenters. The highest BCUT2D eigenvalue weighted by Gasteiger charge is 2.19. The molecule has 0 aliphatic heterocycles. The number of benzene rings is 2. The number of hydrogen-bond acceptors (Lipinski definition) is 4. The van der Waals surface area contributed by atoms with Crippen LogP contribution in [0.3, 0.4) is 0 Å². The molecule has 0 bridgehead atoms. The van der Waals surface area contributed by atoms with Gasteiger partial charge >= 0.3 is 0 Å². The molecule has 0 saturated heterocycles. The van der Waals surface area contributed by atoms with Crippen LogP contribution in [-0.2, 0) is 21.4 Å². The fraction of sp³-hybridized carbons (Fsp3) is 0.350. The van der Waals surface area contributed by atoms with Crippen molar-refractivity contribution in [1.29, 1.82) is 0 Å². The predicted octanol–water partition coefficient (Wildman–Crippen LogP) is 2.90. The van der Waals surface area contributed by atoms with E-state index in [-0.39, 0.29) is 18.9 Å². The third kappa shape index (κ3) is 6.29. The van der Waals surface area contributed by atoms with Crippen molar-refractivity contribution >= 4 is 21.6 Å². The van der Waals surface area contributed by atoms with Crippen molar-refractivity contribution in [2.45, 2.75) is 19.4 Å². The molecule has 146 valence electrons. The predicted molar refractivity (Wildman–Crippen MR) is 107 cm³/mol. The van der Waals surface area contributed by atoms with Crippen LogP contribution < -0.4 is 9.04 Å². The molecule has 2 rings (SSSR count). The lowest BCUT2D eigenvalue weighted by atomic mass is 10.2. The van der Waals surface area contributed by atoms with Crippen molar-refractivity contribution in [2.75, 3.05) is 31.3 Å². The van der Waals surface area contributed by atoms with Gasteiger partial charge in [0.25, 0.3) is 0 Å². The van der Waals surface area contributed by atoms with Gasteiger partial charge in [-0.05, 0) is 24.1 Å². The van der Waals surface area contributed by atoms with Gasteiger partial charge in [0.15, 0.2) is 0 Å². The average molecular weight is 391 g/mol. The quantitative estimate of drug-likeness (QED) is 0.660. The van der Waals surface area contributed by atoms with E-state index < -0.39 is 10.0 Å². The van der Waals surface area contributed by atoms with Gasteiger partial charge < -0.3 is 9.64 Å². The molecule has 7 heteroatoms. The third-order valence-corrected chi connectivity index (χ3v) is 5.38. The van der Waals surface area contributed by atoms with Gasteiger partial charge in [0.1, 0.15) is 5.75 Å². The van der Waals surface area contributed by atoms with Gasteiger partial charge in [-0.2, -0.15) is 0 Å². The second-order valence-electron chi connectivity index (χ2n) is 6.38. The lowest BCUT2D eigenvalue weighted by molar-refractivity contribution is -0.130. The van der Waals surface area contributed by atoms with Crippen molar-refractivity contribution in [3.05, 3.63) is 60.2 Å². The summed E-state index contributed by atoms with van der Waals surface area (Å²) in [5, 5.41) is 0. The Hall–Kier alpha value is -2.54. The van der Waals surface area contributed by atoms with Gasteiger partial charge in [-0.3, -0.25) is 9.10 Å². The summed E-state index contributed by atoms with van der Waals surface area (Å²) in [6.45, 7) is 0.766. The van der Waals surface area contributed by atoms with Gasteiger partial charge in [-0.1, -0.05) is 36.4 Å². The summed E-state index contributed by atoms with van der Waals surface area (Å²) in [6.07, 6.45) is 1.87. The van der Waals surface area contributed by atoms with Crippen LogP contribution in [0.15, 0.2) is 54.6 Å². The van der Waals surface area contributed by atoms with Gasteiger partial charge in [0, 0.05) is 32.6 Å². The van der Waals surface area contributed by atoms with Crippen LogP contribution in [0, 0.1) is 0 Å². The Labute approximate surface area is 161 Å². The molecule has 0 aliphatic rings. The third-order valence-electron chi connectivity index (χ3n) is 4.18. The zero-order valence-electron chi connectivity index (χ0n) is 16.0. The Morgan fingerprint density at radius 1 is 1.07 bits per heavy atom. The minimum absolute atomic E-state index is 0.0158. The van der Waals surface area contributed by atoms with Crippen LogP contribution in [0.1, 0.15) is 18.4 Å². The van der Waals surface area contributed by atoms with Gasteiger partial charge in [-0.25, -0.2) is 8.42 Å². The molecule has 2 aromatic rings. The fourth-order valence-electron chi connectivity index (χ4n) is 2.76. The lowest BCUT2D eigenvalue weighted by Crippen LogP contribution is -2.32. The number of rotatable bonds is 9. The van der Waals surface area contributed by atoms with E-state index in [1.165, 1.54) is 11.4 Å². The average Bonchev–Trinajstić information content (AvgIpc) is 2.64. The maximum atomic E-state index is 12.4. The highest BCUT2D eigenvalue weighted by atomic mass is 32.2. The normalized spacial score (nSPS) is 11.1.